The standard InChI is InChI=1S/C27H29N3O/c1-17-16-26(13-5-2-6-14-26)30-23-18(17)9-7-10-21(23)27(25(30)31)24-20(12-15-28-27)19-8-3-4-11-22(19)29-24/h3-4,7-11,17,28-29H,2,5-6,12-16H2,1H3/t17-,27-/m1/s1. The van der Waals surface area contributed by atoms with Crippen molar-refractivity contribution in [3.05, 3.63) is 64.8 Å². The van der Waals surface area contributed by atoms with Crippen LogP contribution in [0.4, 0.5) is 5.69 Å². The van der Waals surface area contributed by atoms with Crippen LogP contribution in [0.2, 0.25) is 0 Å². The highest BCUT2D eigenvalue weighted by molar-refractivity contribution is 6.13. The Morgan fingerprint density at radius 3 is 2.74 bits per heavy atom. The molecular formula is C27H29N3O. The van der Waals surface area contributed by atoms with Crippen molar-refractivity contribution in [3.8, 4) is 0 Å². The predicted molar refractivity (Wildman–Crippen MR) is 124 cm³/mol. The third kappa shape index (κ3) is 2.07. The average Bonchev–Trinajstić information content (AvgIpc) is 3.29. The van der Waals surface area contributed by atoms with Crippen molar-refractivity contribution < 1.29 is 4.79 Å². The maximum Gasteiger partial charge on any atom is 0.258 e. The monoisotopic (exact) mass is 411 g/mol. The molecule has 1 saturated carbocycles. The van der Waals surface area contributed by atoms with Crippen LogP contribution >= 0.6 is 0 Å². The molecule has 3 aromatic rings. The van der Waals surface area contributed by atoms with E-state index in [-0.39, 0.29) is 11.4 Å². The van der Waals surface area contributed by atoms with E-state index >= 15 is 0 Å². The minimum atomic E-state index is -0.785. The molecule has 0 bridgehead atoms. The number of nitrogens with one attached hydrogen (secondary N) is 2. The van der Waals surface area contributed by atoms with E-state index in [0.717, 1.165) is 43.4 Å². The Morgan fingerprint density at radius 2 is 1.87 bits per heavy atom. The van der Waals surface area contributed by atoms with Crippen LogP contribution in [-0.2, 0) is 16.8 Å². The Bertz CT molecular complexity index is 1230. The van der Waals surface area contributed by atoms with E-state index in [1.165, 1.54) is 47.0 Å². The molecule has 4 nitrogen and oxygen atoms in total. The van der Waals surface area contributed by atoms with Crippen LogP contribution in [0.15, 0.2) is 42.5 Å². The molecule has 158 valence electrons. The molecule has 2 spiro atoms. The van der Waals surface area contributed by atoms with Crippen molar-refractivity contribution in [1.29, 1.82) is 0 Å². The van der Waals surface area contributed by atoms with Gasteiger partial charge >= 0.3 is 0 Å². The maximum absolute atomic E-state index is 14.6. The molecule has 1 fully saturated rings. The number of hydrogen-bond donors (Lipinski definition) is 2. The second kappa shape index (κ2) is 6.01. The van der Waals surface area contributed by atoms with Gasteiger partial charge in [0, 0.05) is 28.6 Å². The van der Waals surface area contributed by atoms with E-state index in [1.54, 1.807) is 0 Å². The topological polar surface area (TPSA) is 48.1 Å². The molecule has 7 rings (SSSR count). The fourth-order valence-electron chi connectivity index (χ4n) is 7.41. The first kappa shape index (κ1) is 18.0. The van der Waals surface area contributed by atoms with Gasteiger partial charge in [-0.25, -0.2) is 0 Å². The third-order valence-corrected chi connectivity index (χ3v) is 8.65. The molecule has 4 heterocycles. The molecule has 0 unspecified atom stereocenters. The second-order valence-corrected chi connectivity index (χ2v) is 10.2. The van der Waals surface area contributed by atoms with E-state index in [9.17, 15) is 4.79 Å². The lowest BCUT2D eigenvalue weighted by Crippen LogP contribution is -2.61. The lowest BCUT2D eigenvalue weighted by Gasteiger charge is -2.50. The summed E-state index contributed by atoms with van der Waals surface area (Å²) in [6.45, 7) is 3.18. The lowest BCUT2D eigenvalue weighted by atomic mass is 9.70. The zero-order valence-electron chi connectivity index (χ0n) is 18.1. The summed E-state index contributed by atoms with van der Waals surface area (Å²) in [6, 6.07) is 15.1. The SMILES string of the molecule is C[C@@H]1CC2(CCCCC2)N2C(=O)[C@@]3(NCCc4c3[nH]c3ccccc43)c3cccc1c32. The van der Waals surface area contributed by atoms with Crippen molar-refractivity contribution in [1.82, 2.24) is 10.3 Å². The number of amides is 1. The Labute approximate surface area is 183 Å². The number of carbonyl (C=O) groups excluding carboxylic acids is 1. The van der Waals surface area contributed by atoms with Gasteiger partial charge in [-0.3, -0.25) is 10.1 Å². The van der Waals surface area contributed by atoms with E-state index in [4.69, 9.17) is 0 Å². The number of anilines is 1. The van der Waals surface area contributed by atoms with Crippen LogP contribution in [0.3, 0.4) is 0 Å². The average molecular weight is 412 g/mol. The molecule has 1 aromatic heterocycles. The Kier molecular flexibility index (Phi) is 3.49. The molecule has 0 radical (unpaired) electrons. The largest absolute Gasteiger partial charge is 0.356 e. The number of aromatic nitrogens is 1. The predicted octanol–water partition coefficient (Wildman–Crippen LogP) is 5.11. The first-order valence-electron chi connectivity index (χ1n) is 12.0. The number of fused-ring (bicyclic) bond motifs is 6. The molecule has 0 saturated heterocycles. The minimum absolute atomic E-state index is 0.0212. The van der Waals surface area contributed by atoms with Gasteiger partial charge in [0.25, 0.3) is 5.91 Å². The van der Waals surface area contributed by atoms with Crippen LogP contribution in [0, 0.1) is 0 Å². The Hall–Kier alpha value is -2.59. The third-order valence-electron chi connectivity index (χ3n) is 8.65. The molecule has 1 aliphatic carbocycles. The van der Waals surface area contributed by atoms with Gasteiger partial charge in [-0.1, -0.05) is 62.6 Å². The normalized spacial score (nSPS) is 28.4. The summed E-state index contributed by atoms with van der Waals surface area (Å²) in [5.74, 6) is 0.731. The maximum atomic E-state index is 14.6. The zero-order chi connectivity index (χ0) is 20.8. The summed E-state index contributed by atoms with van der Waals surface area (Å²) in [4.78, 5) is 20.6. The van der Waals surface area contributed by atoms with Crippen LogP contribution in [0.5, 0.6) is 0 Å². The summed E-state index contributed by atoms with van der Waals surface area (Å²) >= 11 is 0. The van der Waals surface area contributed by atoms with E-state index in [0.29, 0.717) is 5.92 Å². The van der Waals surface area contributed by atoms with Crippen LogP contribution in [0.25, 0.3) is 10.9 Å². The number of para-hydroxylation sites is 2. The molecule has 31 heavy (non-hydrogen) atoms. The fraction of sp³-hybridized carbons (Fsp3) is 0.444. The van der Waals surface area contributed by atoms with Crippen molar-refractivity contribution in [2.75, 3.05) is 11.4 Å². The van der Waals surface area contributed by atoms with Gasteiger partial charge < -0.3 is 9.88 Å². The Morgan fingerprint density at radius 1 is 1.03 bits per heavy atom. The summed E-state index contributed by atoms with van der Waals surface area (Å²) < 4.78 is 0. The summed E-state index contributed by atoms with van der Waals surface area (Å²) in [6.07, 6.45) is 8.05. The summed E-state index contributed by atoms with van der Waals surface area (Å²) in [5.41, 5.74) is 6.45. The summed E-state index contributed by atoms with van der Waals surface area (Å²) in [7, 11) is 0. The van der Waals surface area contributed by atoms with Gasteiger partial charge in [-0.15, -0.1) is 0 Å². The number of hydrogen-bond acceptors (Lipinski definition) is 2. The van der Waals surface area contributed by atoms with E-state index in [1.807, 2.05) is 0 Å². The summed E-state index contributed by atoms with van der Waals surface area (Å²) in [5, 5.41) is 5.01. The zero-order valence-corrected chi connectivity index (χ0v) is 18.1. The van der Waals surface area contributed by atoms with Gasteiger partial charge in [-0.2, -0.15) is 0 Å². The minimum Gasteiger partial charge on any atom is -0.356 e. The number of benzene rings is 2. The highest BCUT2D eigenvalue weighted by atomic mass is 16.2. The quantitative estimate of drug-likeness (QED) is 0.540. The number of H-pyrrole nitrogens is 1. The fourth-order valence-corrected chi connectivity index (χ4v) is 7.41. The van der Waals surface area contributed by atoms with Gasteiger partial charge in [0.2, 0.25) is 0 Å². The lowest BCUT2D eigenvalue weighted by molar-refractivity contribution is -0.124. The van der Waals surface area contributed by atoms with Crippen LogP contribution in [-0.4, -0.2) is 23.0 Å². The molecule has 2 atom stereocenters. The number of rotatable bonds is 0. The van der Waals surface area contributed by atoms with Crippen molar-refractivity contribution in [2.45, 2.75) is 68.9 Å². The first-order valence-corrected chi connectivity index (χ1v) is 12.0. The van der Waals surface area contributed by atoms with Crippen LogP contribution in [0.1, 0.15) is 73.8 Å². The van der Waals surface area contributed by atoms with Crippen molar-refractivity contribution in [3.63, 3.8) is 0 Å². The highest BCUT2D eigenvalue weighted by Gasteiger charge is 2.62. The van der Waals surface area contributed by atoms with Crippen molar-refractivity contribution in [2.24, 2.45) is 0 Å². The van der Waals surface area contributed by atoms with E-state index in [2.05, 4.69) is 64.6 Å². The van der Waals surface area contributed by atoms with Gasteiger partial charge in [0.15, 0.2) is 5.54 Å². The Balaban J connectivity index is 1.53. The molecule has 4 aliphatic rings. The molecule has 3 aliphatic heterocycles. The van der Waals surface area contributed by atoms with Gasteiger partial charge in [0.05, 0.1) is 11.4 Å². The molecular weight excluding hydrogens is 382 g/mol. The molecule has 4 heteroatoms. The van der Waals surface area contributed by atoms with Crippen LogP contribution < -0.4 is 10.2 Å². The number of nitrogens with zero attached hydrogens (tertiary/aromatic N) is 1. The first-order chi connectivity index (χ1) is 15.2. The smallest absolute Gasteiger partial charge is 0.258 e. The van der Waals surface area contributed by atoms with Gasteiger partial charge in [-0.05, 0) is 48.8 Å². The van der Waals surface area contributed by atoms with Crippen molar-refractivity contribution >= 4 is 22.5 Å². The second-order valence-electron chi connectivity index (χ2n) is 10.2. The molecule has 1 amide bonds. The highest BCUT2D eigenvalue weighted by Crippen LogP contribution is 2.58. The number of carbonyl (C=O) groups is 1. The van der Waals surface area contributed by atoms with E-state index < -0.39 is 5.54 Å². The number of aromatic amines is 1. The molecule has 2 aromatic carbocycles. The van der Waals surface area contributed by atoms with Gasteiger partial charge in [0.1, 0.15) is 0 Å². The molecule has 2 N–H and O–H groups in total.